The Kier molecular flexibility index (Phi) is 7.22. The van der Waals surface area contributed by atoms with Crippen molar-refractivity contribution in [2.24, 2.45) is 0 Å². The van der Waals surface area contributed by atoms with Crippen molar-refractivity contribution in [3.63, 3.8) is 0 Å². The number of hydrogen-bond donors (Lipinski definition) is 2. The van der Waals surface area contributed by atoms with Gasteiger partial charge < -0.3 is 10.6 Å². The van der Waals surface area contributed by atoms with Gasteiger partial charge in [0.05, 0.1) is 19.0 Å². The minimum Gasteiger partial charge on any atom is -0.354 e. The van der Waals surface area contributed by atoms with Gasteiger partial charge in [-0.15, -0.1) is 12.3 Å². The molecule has 76 valence electrons. The fourth-order valence-corrected chi connectivity index (χ4v) is 0.836. The summed E-state index contributed by atoms with van der Waals surface area (Å²) in [6.07, 6.45) is 6.05. The van der Waals surface area contributed by atoms with Crippen LogP contribution in [0.15, 0.2) is 0 Å². The smallest absolute Gasteiger partial charge is 0.233 e. The molecule has 4 heteroatoms. The number of terminal acetylenes is 1. The van der Waals surface area contributed by atoms with E-state index < -0.39 is 0 Å². The van der Waals surface area contributed by atoms with Crippen LogP contribution < -0.4 is 10.6 Å². The molecule has 0 aliphatic rings. The summed E-state index contributed by atoms with van der Waals surface area (Å²) in [5.74, 6) is 2.40. The number of nitrogens with one attached hydrogen (secondary N) is 2. The molecule has 0 radical (unpaired) electrons. The standard InChI is InChI=1S/C10H15N3O/c1-3-5-9(2)13-8-10(14)12-7-4-6-11/h1,9,13H,4-5,7-8H2,2H3,(H,12,14). The number of rotatable bonds is 6. The summed E-state index contributed by atoms with van der Waals surface area (Å²) in [7, 11) is 0. The second-order valence-electron chi connectivity index (χ2n) is 2.95. The molecule has 1 amide bonds. The van der Waals surface area contributed by atoms with E-state index in [1.807, 2.05) is 13.0 Å². The van der Waals surface area contributed by atoms with Gasteiger partial charge in [0, 0.05) is 19.0 Å². The van der Waals surface area contributed by atoms with Crippen LogP contribution in [0.3, 0.4) is 0 Å². The number of amides is 1. The van der Waals surface area contributed by atoms with E-state index in [4.69, 9.17) is 11.7 Å². The average Bonchev–Trinajstić information content (AvgIpc) is 2.16. The first kappa shape index (κ1) is 12.5. The second kappa shape index (κ2) is 8.10. The first-order chi connectivity index (χ1) is 6.70. The molecule has 0 aliphatic heterocycles. The van der Waals surface area contributed by atoms with E-state index in [0.717, 1.165) is 0 Å². The molecule has 0 spiro atoms. The maximum atomic E-state index is 11.1. The van der Waals surface area contributed by atoms with Crippen molar-refractivity contribution < 1.29 is 4.79 Å². The van der Waals surface area contributed by atoms with Crippen LogP contribution in [0.4, 0.5) is 0 Å². The summed E-state index contributed by atoms with van der Waals surface area (Å²) in [4.78, 5) is 11.1. The molecule has 14 heavy (non-hydrogen) atoms. The third kappa shape index (κ3) is 7.15. The van der Waals surface area contributed by atoms with Crippen LogP contribution >= 0.6 is 0 Å². The quantitative estimate of drug-likeness (QED) is 0.461. The molecule has 0 aliphatic carbocycles. The summed E-state index contributed by atoms with van der Waals surface area (Å²) in [6, 6.07) is 2.09. The van der Waals surface area contributed by atoms with Crippen LogP contribution in [0.1, 0.15) is 19.8 Å². The maximum Gasteiger partial charge on any atom is 0.233 e. The van der Waals surface area contributed by atoms with E-state index in [-0.39, 0.29) is 18.5 Å². The highest BCUT2D eigenvalue weighted by Crippen LogP contribution is 1.86. The molecule has 0 bridgehead atoms. The minimum atomic E-state index is -0.107. The molecular formula is C10H15N3O. The molecule has 0 saturated carbocycles. The van der Waals surface area contributed by atoms with Crippen molar-refractivity contribution >= 4 is 5.91 Å². The zero-order valence-electron chi connectivity index (χ0n) is 8.34. The van der Waals surface area contributed by atoms with Gasteiger partial charge >= 0.3 is 0 Å². The maximum absolute atomic E-state index is 11.1. The second-order valence-corrected chi connectivity index (χ2v) is 2.95. The van der Waals surface area contributed by atoms with Crippen molar-refractivity contribution in [2.45, 2.75) is 25.8 Å². The van der Waals surface area contributed by atoms with Gasteiger partial charge in [-0.05, 0) is 6.92 Å². The van der Waals surface area contributed by atoms with Crippen LogP contribution in [0, 0.1) is 23.7 Å². The summed E-state index contributed by atoms with van der Waals surface area (Å²) < 4.78 is 0. The zero-order valence-corrected chi connectivity index (χ0v) is 8.34. The molecule has 4 nitrogen and oxygen atoms in total. The molecule has 0 heterocycles. The molecular weight excluding hydrogens is 178 g/mol. The van der Waals surface area contributed by atoms with Crippen molar-refractivity contribution in [1.29, 1.82) is 5.26 Å². The van der Waals surface area contributed by atoms with Gasteiger partial charge in [0.15, 0.2) is 0 Å². The summed E-state index contributed by atoms with van der Waals surface area (Å²) in [5.41, 5.74) is 0. The third-order valence-electron chi connectivity index (χ3n) is 1.59. The highest BCUT2D eigenvalue weighted by Gasteiger charge is 2.03. The monoisotopic (exact) mass is 193 g/mol. The Morgan fingerprint density at radius 1 is 1.64 bits per heavy atom. The first-order valence-electron chi connectivity index (χ1n) is 4.51. The Hall–Kier alpha value is -1.52. The lowest BCUT2D eigenvalue weighted by molar-refractivity contribution is -0.120. The normalized spacial score (nSPS) is 11.1. The van der Waals surface area contributed by atoms with Crippen molar-refractivity contribution in [3.8, 4) is 18.4 Å². The van der Waals surface area contributed by atoms with E-state index in [9.17, 15) is 4.79 Å². The Bertz CT molecular complexity index is 249. The summed E-state index contributed by atoms with van der Waals surface area (Å²) >= 11 is 0. The SMILES string of the molecule is C#CCC(C)NCC(=O)NCCC#N. The molecule has 0 fully saturated rings. The van der Waals surface area contributed by atoms with E-state index in [2.05, 4.69) is 16.6 Å². The number of nitriles is 1. The van der Waals surface area contributed by atoms with Crippen LogP contribution in [0.25, 0.3) is 0 Å². The molecule has 0 aromatic heterocycles. The van der Waals surface area contributed by atoms with Crippen LogP contribution in [0.5, 0.6) is 0 Å². The molecule has 2 N–H and O–H groups in total. The van der Waals surface area contributed by atoms with Crippen LogP contribution in [0.2, 0.25) is 0 Å². The predicted octanol–water partition coefficient (Wildman–Crippen LogP) is 0.0177. The topological polar surface area (TPSA) is 64.9 Å². The number of nitrogens with zero attached hydrogens (tertiary/aromatic N) is 1. The molecule has 1 unspecified atom stereocenters. The fourth-order valence-electron chi connectivity index (χ4n) is 0.836. The average molecular weight is 193 g/mol. The van der Waals surface area contributed by atoms with E-state index >= 15 is 0 Å². The van der Waals surface area contributed by atoms with Crippen molar-refractivity contribution in [2.75, 3.05) is 13.1 Å². The number of hydrogen-bond acceptors (Lipinski definition) is 3. The first-order valence-corrected chi connectivity index (χ1v) is 4.51. The van der Waals surface area contributed by atoms with E-state index in [1.165, 1.54) is 0 Å². The van der Waals surface area contributed by atoms with Crippen LogP contribution in [-0.4, -0.2) is 25.0 Å². The Balaban J connectivity index is 3.45. The van der Waals surface area contributed by atoms with Gasteiger partial charge in [-0.2, -0.15) is 5.26 Å². The Morgan fingerprint density at radius 3 is 2.93 bits per heavy atom. The van der Waals surface area contributed by atoms with Crippen LogP contribution in [-0.2, 0) is 4.79 Å². The molecule has 0 rings (SSSR count). The Morgan fingerprint density at radius 2 is 2.36 bits per heavy atom. The van der Waals surface area contributed by atoms with Gasteiger partial charge in [0.25, 0.3) is 0 Å². The number of carbonyl (C=O) groups excluding carboxylic acids is 1. The fraction of sp³-hybridized carbons (Fsp3) is 0.600. The van der Waals surface area contributed by atoms with Crippen molar-refractivity contribution in [3.05, 3.63) is 0 Å². The predicted molar refractivity (Wildman–Crippen MR) is 54.2 cm³/mol. The third-order valence-corrected chi connectivity index (χ3v) is 1.59. The van der Waals surface area contributed by atoms with E-state index in [0.29, 0.717) is 19.4 Å². The summed E-state index contributed by atoms with van der Waals surface area (Å²) in [5, 5.41) is 13.8. The molecule has 0 aromatic rings. The Labute approximate surface area is 84.7 Å². The lowest BCUT2D eigenvalue weighted by atomic mass is 10.2. The largest absolute Gasteiger partial charge is 0.354 e. The van der Waals surface area contributed by atoms with Gasteiger partial charge in [-0.3, -0.25) is 4.79 Å². The minimum absolute atomic E-state index is 0.107. The summed E-state index contributed by atoms with van der Waals surface area (Å²) in [6.45, 7) is 2.57. The van der Waals surface area contributed by atoms with Gasteiger partial charge in [-0.25, -0.2) is 0 Å². The lowest BCUT2D eigenvalue weighted by Gasteiger charge is -2.09. The van der Waals surface area contributed by atoms with E-state index in [1.54, 1.807) is 0 Å². The highest BCUT2D eigenvalue weighted by atomic mass is 16.1. The van der Waals surface area contributed by atoms with Gasteiger partial charge in [0.2, 0.25) is 5.91 Å². The van der Waals surface area contributed by atoms with Gasteiger partial charge in [0.1, 0.15) is 0 Å². The molecule has 1 atom stereocenters. The highest BCUT2D eigenvalue weighted by molar-refractivity contribution is 5.77. The molecule has 0 saturated heterocycles. The lowest BCUT2D eigenvalue weighted by Crippen LogP contribution is -2.38. The van der Waals surface area contributed by atoms with Crippen molar-refractivity contribution in [1.82, 2.24) is 10.6 Å². The van der Waals surface area contributed by atoms with Gasteiger partial charge in [-0.1, -0.05) is 0 Å². The zero-order chi connectivity index (χ0) is 10.8. The molecule has 0 aromatic carbocycles. The number of carbonyl (C=O) groups is 1.